The molecule has 3 nitrogen and oxygen atoms in total. The standard InChI is InChI=1S/C27H41F3O3Si4/c1-32-25(31)24-23(20-14-12-11-13-15-20)26(24,21-16-18-22(19-17-21)27(28,29)30)37(35(5,6)7,36(8,9)10)33-34(2,3)4/h11-19,23-24H,1-10H3/t23?,24?,26-/m0/s1. The third-order valence-electron chi connectivity index (χ3n) is 7.66. The molecule has 2 unspecified atom stereocenters. The third-order valence-corrected chi connectivity index (χ3v) is 48.1. The van der Waals surface area contributed by atoms with Crippen molar-refractivity contribution in [3.05, 3.63) is 71.3 Å². The van der Waals surface area contributed by atoms with Gasteiger partial charge in [-0.2, -0.15) is 13.2 Å². The Bertz CT molecular complexity index is 1100. The van der Waals surface area contributed by atoms with E-state index in [2.05, 4.69) is 58.9 Å². The summed E-state index contributed by atoms with van der Waals surface area (Å²) in [6.07, 6.45) is -4.43. The van der Waals surface area contributed by atoms with Gasteiger partial charge in [-0.15, -0.1) is 0 Å². The van der Waals surface area contributed by atoms with Crippen LogP contribution >= 0.6 is 0 Å². The average molecular weight is 583 g/mol. The number of carbonyl (C=O) groups excluding carboxylic acids is 1. The van der Waals surface area contributed by atoms with Crippen molar-refractivity contribution in [2.45, 2.75) is 76.1 Å². The Morgan fingerprint density at radius 3 is 1.68 bits per heavy atom. The second-order valence-electron chi connectivity index (χ2n) is 13.2. The number of ether oxygens (including phenoxy) is 1. The van der Waals surface area contributed by atoms with Gasteiger partial charge in [-0.1, -0.05) is 81.7 Å². The maximum Gasteiger partial charge on any atom is 0.416 e. The molecule has 0 bridgehead atoms. The molecule has 3 rings (SSSR count). The highest BCUT2D eigenvalue weighted by Gasteiger charge is 2.85. The molecule has 0 saturated heterocycles. The molecular weight excluding hydrogens is 542 g/mol. The Morgan fingerprint density at radius 1 is 0.811 bits per heavy atom. The van der Waals surface area contributed by atoms with Gasteiger partial charge in [0.2, 0.25) is 0 Å². The Morgan fingerprint density at radius 2 is 1.30 bits per heavy atom. The van der Waals surface area contributed by atoms with E-state index in [1.165, 1.54) is 19.2 Å². The van der Waals surface area contributed by atoms with Crippen LogP contribution in [0.1, 0.15) is 22.6 Å². The smallest absolute Gasteiger partial charge is 0.416 e. The van der Waals surface area contributed by atoms with Crippen molar-refractivity contribution in [2.75, 3.05) is 7.11 Å². The van der Waals surface area contributed by atoms with Crippen LogP contribution in [0.4, 0.5) is 13.2 Å². The first-order chi connectivity index (χ1) is 16.8. The molecular formula is C27H41F3O3Si4. The van der Waals surface area contributed by atoms with Crippen LogP contribution in [0.25, 0.3) is 0 Å². The summed E-state index contributed by atoms with van der Waals surface area (Å²) in [6, 6.07) is 15.5. The Kier molecular flexibility index (Phi) is 7.82. The van der Waals surface area contributed by atoms with Crippen molar-refractivity contribution in [2.24, 2.45) is 5.92 Å². The van der Waals surface area contributed by atoms with Gasteiger partial charge >= 0.3 is 12.1 Å². The molecule has 10 heteroatoms. The second-order valence-corrected chi connectivity index (χ2v) is 44.2. The van der Waals surface area contributed by atoms with Gasteiger partial charge in [0.1, 0.15) is 0 Å². The first kappa shape index (κ1) is 30.1. The summed E-state index contributed by atoms with van der Waals surface area (Å²) in [6.45, 7) is 20.7. The van der Waals surface area contributed by atoms with E-state index < -0.39 is 53.5 Å². The van der Waals surface area contributed by atoms with Gasteiger partial charge in [-0.05, 0) is 42.9 Å². The number of methoxy groups -OCH3 is 1. The fourth-order valence-corrected chi connectivity index (χ4v) is 68.8. The van der Waals surface area contributed by atoms with E-state index in [-0.39, 0.29) is 11.9 Å². The minimum Gasteiger partial charge on any atom is -0.469 e. The lowest BCUT2D eigenvalue weighted by Gasteiger charge is -2.58. The highest BCUT2D eigenvalue weighted by molar-refractivity contribution is 7.68. The van der Waals surface area contributed by atoms with E-state index in [9.17, 15) is 18.0 Å². The fourth-order valence-electron chi connectivity index (χ4n) is 7.10. The van der Waals surface area contributed by atoms with Crippen molar-refractivity contribution in [1.82, 2.24) is 0 Å². The van der Waals surface area contributed by atoms with Crippen LogP contribution in [-0.2, 0) is 24.9 Å². The first-order valence-corrected chi connectivity index (χ1v) is 27.1. The van der Waals surface area contributed by atoms with Crippen LogP contribution in [0.2, 0.25) is 58.9 Å². The van der Waals surface area contributed by atoms with Crippen LogP contribution in [0.5, 0.6) is 0 Å². The molecule has 0 aliphatic heterocycles. The number of esters is 1. The maximum absolute atomic E-state index is 13.6. The molecule has 1 aliphatic rings. The van der Waals surface area contributed by atoms with Gasteiger partial charge in [0.15, 0.2) is 15.7 Å². The molecule has 0 spiro atoms. The first-order valence-electron chi connectivity index (χ1n) is 12.8. The molecule has 204 valence electrons. The second kappa shape index (κ2) is 9.62. The predicted octanol–water partition coefficient (Wildman–Crippen LogP) is 7.70. The predicted molar refractivity (Wildman–Crippen MR) is 155 cm³/mol. The largest absolute Gasteiger partial charge is 0.469 e. The Balaban J connectivity index is 2.52. The summed E-state index contributed by atoms with van der Waals surface area (Å²) < 4.78 is 53.8. The van der Waals surface area contributed by atoms with Gasteiger partial charge in [-0.25, -0.2) is 0 Å². The average Bonchev–Trinajstić information content (AvgIpc) is 3.46. The lowest BCUT2D eigenvalue weighted by atomic mass is 10.0. The number of halogens is 3. The van der Waals surface area contributed by atoms with Crippen molar-refractivity contribution in [3.63, 3.8) is 0 Å². The van der Waals surface area contributed by atoms with Crippen LogP contribution in [0, 0.1) is 5.92 Å². The summed E-state index contributed by atoms with van der Waals surface area (Å²) >= 11 is 0. The number of hydrogen-bond acceptors (Lipinski definition) is 3. The maximum atomic E-state index is 13.6. The van der Waals surface area contributed by atoms with E-state index >= 15 is 0 Å². The van der Waals surface area contributed by atoms with Gasteiger partial charge in [0, 0.05) is 11.0 Å². The van der Waals surface area contributed by atoms with Crippen LogP contribution in [-0.4, -0.2) is 43.9 Å². The van der Waals surface area contributed by atoms with Crippen molar-refractivity contribution in [3.8, 4) is 0 Å². The van der Waals surface area contributed by atoms with E-state index in [1.807, 2.05) is 30.3 Å². The van der Waals surface area contributed by atoms with E-state index in [4.69, 9.17) is 8.85 Å². The SMILES string of the molecule is COC(=O)C1C(c2ccccc2)[C@]1(c1ccc(C(F)(F)F)cc1)[Si](O[Si](C)(C)C)([Si](C)(C)C)[Si](C)(C)C. The minimum atomic E-state index is -4.43. The molecule has 1 saturated carbocycles. The number of hydrogen-bond donors (Lipinski definition) is 0. The number of alkyl halides is 3. The molecule has 0 amide bonds. The highest BCUT2D eigenvalue weighted by Crippen LogP contribution is 2.73. The Labute approximate surface area is 223 Å². The van der Waals surface area contributed by atoms with Crippen LogP contribution < -0.4 is 0 Å². The molecule has 0 heterocycles. The zero-order valence-electron chi connectivity index (χ0n) is 23.7. The fraction of sp³-hybridized carbons (Fsp3) is 0.519. The van der Waals surface area contributed by atoms with E-state index in [1.54, 1.807) is 12.1 Å². The summed E-state index contributed by atoms with van der Waals surface area (Å²) in [5.74, 6) is -1.02. The van der Waals surface area contributed by atoms with Gasteiger partial charge in [-0.3, -0.25) is 4.79 Å². The molecule has 0 N–H and O–H groups in total. The zero-order valence-corrected chi connectivity index (χ0v) is 27.7. The zero-order chi connectivity index (χ0) is 28.2. The normalized spacial score (nSPS) is 23.1. The van der Waals surface area contributed by atoms with E-state index in [0.29, 0.717) is 0 Å². The van der Waals surface area contributed by atoms with Crippen molar-refractivity contribution < 1.29 is 26.8 Å². The molecule has 1 fully saturated rings. The minimum absolute atomic E-state index is 0.209. The number of benzene rings is 2. The summed E-state index contributed by atoms with van der Waals surface area (Å²) in [7, 11) is -8.00. The molecule has 2 aromatic carbocycles. The Hall–Kier alpha value is -1.47. The summed E-state index contributed by atoms with van der Waals surface area (Å²) in [5.41, 5.74) is 1.13. The van der Waals surface area contributed by atoms with Gasteiger partial charge in [0.05, 0.1) is 33.8 Å². The van der Waals surface area contributed by atoms with Crippen molar-refractivity contribution >= 4 is 36.8 Å². The summed E-state index contributed by atoms with van der Waals surface area (Å²) in [5, 5.41) is -0.708. The number of rotatable bonds is 8. The van der Waals surface area contributed by atoms with E-state index in [0.717, 1.165) is 11.1 Å². The molecule has 2 aromatic rings. The lowest BCUT2D eigenvalue weighted by Crippen LogP contribution is -2.82. The van der Waals surface area contributed by atoms with Crippen LogP contribution in [0.15, 0.2) is 54.6 Å². The molecule has 37 heavy (non-hydrogen) atoms. The van der Waals surface area contributed by atoms with Gasteiger partial charge in [0.25, 0.3) is 0 Å². The highest BCUT2D eigenvalue weighted by atomic mass is 29.7. The van der Waals surface area contributed by atoms with Crippen molar-refractivity contribution in [1.29, 1.82) is 0 Å². The monoisotopic (exact) mass is 582 g/mol. The van der Waals surface area contributed by atoms with Gasteiger partial charge < -0.3 is 8.85 Å². The molecule has 1 aliphatic carbocycles. The molecule has 0 aromatic heterocycles. The molecule has 0 radical (unpaired) electrons. The quantitative estimate of drug-likeness (QED) is 0.236. The molecule has 3 atom stereocenters. The van der Waals surface area contributed by atoms with Crippen LogP contribution in [0.3, 0.4) is 0 Å². The number of carbonyl (C=O) groups is 1. The third kappa shape index (κ3) is 4.99. The topological polar surface area (TPSA) is 35.5 Å². The lowest BCUT2D eigenvalue weighted by molar-refractivity contribution is -0.142. The summed E-state index contributed by atoms with van der Waals surface area (Å²) in [4.78, 5) is 13.6.